The number of carbonyl (C=O) groups excluding carboxylic acids is 1. The summed E-state index contributed by atoms with van der Waals surface area (Å²) in [6, 6.07) is 4.08. The van der Waals surface area contributed by atoms with Crippen LogP contribution in [-0.4, -0.2) is 22.9 Å². The summed E-state index contributed by atoms with van der Waals surface area (Å²) in [6.07, 6.45) is 2.81. The maximum Gasteiger partial charge on any atom is 0.154 e. The first-order valence-corrected chi connectivity index (χ1v) is 5.01. The van der Waals surface area contributed by atoms with Gasteiger partial charge >= 0.3 is 0 Å². The van der Waals surface area contributed by atoms with Crippen molar-refractivity contribution in [3.8, 4) is 0 Å². The Morgan fingerprint density at radius 3 is 3.29 bits per heavy atom. The molecule has 0 aromatic carbocycles. The highest BCUT2D eigenvalue weighted by Crippen LogP contribution is 2.22. The van der Waals surface area contributed by atoms with Crippen molar-refractivity contribution in [3.05, 3.63) is 24.0 Å². The van der Waals surface area contributed by atoms with E-state index in [1.54, 1.807) is 0 Å². The van der Waals surface area contributed by atoms with Crippen molar-refractivity contribution in [2.75, 3.05) is 6.54 Å². The number of hydrogen-bond donors (Lipinski definition) is 2. The van der Waals surface area contributed by atoms with Crippen molar-refractivity contribution in [2.24, 2.45) is 0 Å². The van der Waals surface area contributed by atoms with Crippen LogP contribution in [0.15, 0.2) is 18.3 Å². The molecule has 0 aliphatic carbocycles. The lowest BCUT2D eigenvalue weighted by atomic mass is 10.0. The molecule has 2 aliphatic heterocycles. The van der Waals surface area contributed by atoms with E-state index in [2.05, 4.69) is 21.3 Å². The zero-order valence-electron chi connectivity index (χ0n) is 7.86. The molecule has 1 aromatic heterocycles. The summed E-state index contributed by atoms with van der Waals surface area (Å²) in [6.45, 7) is 1.58. The first kappa shape index (κ1) is 8.20. The van der Waals surface area contributed by atoms with Crippen LogP contribution < -0.4 is 10.6 Å². The molecule has 74 valence electrons. The van der Waals surface area contributed by atoms with Crippen LogP contribution in [0.5, 0.6) is 0 Å². The molecule has 14 heavy (non-hydrogen) atoms. The third kappa shape index (κ3) is 1.04. The number of piperidine rings is 1. The highest BCUT2D eigenvalue weighted by atomic mass is 16.1. The van der Waals surface area contributed by atoms with E-state index in [4.69, 9.17) is 0 Å². The van der Waals surface area contributed by atoms with Crippen molar-refractivity contribution >= 4 is 5.78 Å². The monoisotopic (exact) mass is 191 g/mol. The predicted octanol–water partition coefficient (Wildman–Crippen LogP) is 0.0209. The highest BCUT2D eigenvalue weighted by Gasteiger charge is 2.35. The summed E-state index contributed by atoms with van der Waals surface area (Å²) in [4.78, 5) is 11.6. The highest BCUT2D eigenvalue weighted by molar-refractivity contribution is 5.85. The Bertz CT molecular complexity index is 371. The van der Waals surface area contributed by atoms with E-state index in [0.717, 1.165) is 13.1 Å². The van der Waals surface area contributed by atoms with Crippen molar-refractivity contribution in [2.45, 2.75) is 25.2 Å². The molecule has 0 spiro atoms. The molecule has 0 amide bonds. The summed E-state index contributed by atoms with van der Waals surface area (Å²) in [5.41, 5.74) is 1.24. The molecular weight excluding hydrogens is 178 g/mol. The summed E-state index contributed by atoms with van der Waals surface area (Å²) in [5.74, 6) is 0.327. The van der Waals surface area contributed by atoms with Gasteiger partial charge in [-0.2, -0.15) is 0 Å². The van der Waals surface area contributed by atoms with Crippen LogP contribution >= 0.6 is 0 Å². The van der Waals surface area contributed by atoms with Crippen molar-refractivity contribution < 1.29 is 4.79 Å². The minimum atomic E-state index is -0.0383. The molecule has 1 aromatic rings. The van der Waals surface area contributed by atoms with E-state index in [9.17, 15) is 4.79 Å². The molecule has 0 bridgehead atoms. The van der Waals surface area contributed by atoms with Crippen LogP contribution in [0.2, 0.25) is 0 Å². The lowest BCUT2D eigenvalue weighted by Gasteiger charge is -2.37. The van der Waals surface area contributed by atoms with Crippen LogP contribution in [0.25, 0.3) is 0 Å². The molecule has 0 radical (unpaired) electrons. The van der Waals surface area contributed by atoms with E-state index in [-0.39, 0.29) is 12.2 Å². The number of fused-ring (bicyclic) bond motifs is 3. The number of nitrogens with one attached hydrogen (secondary N) is 2. The zero-order chi connectivity index (χ0) is 9.54. The number of Topliss-reactive ketones (excluding diaryl/α,β-unsaturated/α-hetero) is 1. The lowest BCUT2D eigenvalue weighted by molar-refractivity contribution is -0.124. The minimum absolute atomic E-state index is 0.0383. The molecule has 2 atom stereocenters. The smallest absolute Gasteiger partial charge is 0.154 e. The Balaban J connectivity index is 2.00. The Labute approximate surface area is 82.3 Å². The van der Waals surface area contributed by atoms with Gasteiger partial charge in [-0.25, -0.2) is 0 Å². The standard InChI is InChI=1S/C10H13N3O/c14-8-3-4-11-10-9(8)12-6-7-2-1-5-13(7)10/h1-2,5,9-12H,3-4,6H2. The molecule has 1 saturated heterocycles. The van der Waals surface area contributed by atoms with E-state index >= 15 is 0 Å². The molecule has 2 N–H and O–H groups in total. The largest absolute Gasteiger partial charge is 0.332 e. The van der Waals surface area contributed by atoms with Gasteiger partial charge in [0.1, 0.15) is 12.2 Å². The van der Waals surface area contributed by atoms with Crippen LogP contribution in [-0.2, 0) is 11.3 Å². The summed E-state index contributed by atoms with van der Waals surface area (Å²) >= 11 is 0. The molecule has 2 unspecified atom stereocenters. The maximum atomic E-state index is 11.6. The number of aromatic nitrogens is 1. The third-order valence-electron chi connectivity index (χ3n) is 3.06. The van der Waals surface area contributed by atoms with Crippen LogP contribution in [0.4, 0.5) is 0 Å². The van der Waals surface area contributed by atoms with Gasteiger partial charge < -0.3 is 4.57 Å². The molecule has 4 nitrogen and oxygen atoms in total. The van der Waals surface area contributed by atoms with Crippen molar-refractivity contribution in [3.63, 3.8) is 0 Å². The molecule has 0 saturated carbocycles. The number of nitrogens with zero attached hydrogens (tertiary/aromatic N) is 1. The van der Waals surface area contributed by atoms with Crippen molar-refractivity contribution in [1.82, 2.24) is 15.2 Å². The first-order valence-electron chi connectivity index (χ1n) is 5.01. The van der Waals surface area contributed by atoms with Crippen LogP contribution in [0.1, 0.15) is 18.3 Å². The number of hydrogen-bond acceptors (Lipinski definition) is 3. The quantitative estimate of drug-likeness (QED) is 0.607. The van der Waals surface area contributed by atoms with Crippen LogP contribution in [0.3, 0.4) is 0 Å². The molecule has 1 fully saturated rings. The Morgan fingerprint density at radius 2 is 2.36 bits per heavy atom. The minimum Gasteiger partial charge on any atom is -0.332 e. The lowest BCUT2D eigenvalue weighted by Crippen LogP contribution is -2.56. The van der Waals surface area contributed by atoms with Gasteiger partial charge in [0.05, 0.1) is 0 Å². The van der Waals surface area contributed by atoms with Gasteiger partial charge in [-0.15, -0.1) is 0 Å². The molecule has 3 rings (SSSR count). The summed E-state index contributed by atoms with van der Waals surface area (Å²) in [7, 11) is 0. The fourth-order valence-corrected chi connectivity index (χ4v) is 2.34. The second kappa shape index (κ2) is 2.93. The first-order chi connectivity index (χ1) is 6.86. The number of carbonyl (C=O) groups is 1. The zero-order valence-corrected chi connectivity index (χ0v) is 7.86. The fraction of sp³-hybridized carbons (Fsp3) is 0.500. The SMILES string of the molecule is O=C1CCNC2C1NCc1cccn12. The van der Waals surface area contributed by atoms with E-state index in [1.165, 1.54) is 5.69 Å². The Morgan fingerprint density at radius 1 is 1.43 bits per heavy atom. The van der Waals surface area contributed by atoms with Crippen LogP contribution in [0, 0.1) is 0 Å². The van der Waals surface area contributed by atoms with Crippen molar-refractivity contribution in [1.29, 1.82) is 0 Å². The van der Waals surface area contributed by atoms with Gasteiger partial charge in [-0.1, -0.05) is 0 Å². The van der Waals surface area contributed by atoms with Gasteiger partial charge in [0.25, 0.3) is 0 Å². The summed E-state index contributed by atoms with van der Waals surface area (Å²) < 4.78 is 2.16. The second-order valence-electron chi connectivity index (χ2n) is 3.88. The maximum absolute atomic E-state index is 11.6. The van der Waals surface area contributed by atoms with E-state index in [1.807, 2.05) is 12.3 Å². The van der Waals surface area contributed by atoms with Gasteiger partial charge in [-0.05, 0) is 12.1 Å². The van der Waals surface area contributed by atoms with E-state index < -0.39 is 0 Å². The molecular formula is C10H13N3O. The number of rotatable bonds is 0. The molecule has 2 aliphatic rings. The topological polar surface area (TPSA) is 46.1 Å². The predicted molar refractivity (Wildman–Crippen MR) is 51.7 cm³/mol. The number of ketones is 1. The summed E-state index contributed by atoms with van der Waals surface area (Å²) in [5, 5.41) is 6.65. The normalized spacial score (nSPS) is 31.0. The average molecular weight is 191 g/mol. The Kier molecular flexibility index (Phi) is 1.72. The molecule has 3 heterocycles. The van der Waals surface area contributed by atoms with Gasteiger partial charge in [0, 0.05) is 31.4 Å². The molecule has 4 heteroatoms. The van der Waals surface area contributed by atoms with E-state index in [0.29, 0.717) is 12.2 Å². The Hall–Kier alpha value is -1.13. The van der Waals surface area contributed by atoms with Gasteiger partial charge in [0.15, 0.2) is 5.78 Å². The second-order valence-corrected chi connectivity index (χ2v) is 3.88. The fourth-order valence-electron chi connectivity index (χ4n) is 2.34. The van der Waals surface area contributed by atoms with Gasteiger partial charge in [0.2, 0.25) is 0 Å². The third-order valence-corrected chi connectivity index (χ3v) is 3.06. The average Bonchev–Trinajstić information content (AvgIpc) is 2.66. The van der Waals surface area contributed by atoms with Gasteiger partial charge in [-0.3, -0.25) is 15.4 Å².